The average molecular weight is 425 g/mol. The second kappa shape index (κ2) is 9.06. The number of carbonyl (C=O) groups excluding carboxylic acids is 1. The van der Waals surface area contributed by atoms with Crippen LogP contribution in [0.5, 0.6) is 11.5 Å². The third kappa shape index (κ3) is 4.30. The Kier molecular flexibility index (Phi) is 6.25. The second-order valence-electron chi connectivity index (χ2n) is 7.85. The van der Waals surface area contributed by atoms with Crippen LogP contribution in [0.2, 0.25) is 0 Å². The van der Waals surface area contributed by atoms with Gasteiger partial charge in [-0.05, 0) is 42.1 Å². The number of fused-ring (bicyclic) bond motifs is 1. The van der Waals surface area contributed by atoms with Crippen LogP contribution in [0.4, 0.5) is 0 Å². The zero-order valence-electron chi connectivity index (χ0n) is 17.8. The standard InChI is InChI=1S/C24H28N2O3S/c1-25(2)24(27)23-22(20-9-4-5-10-21(20)30-23)17-11-12-26(16-17)13-14-29-19-8-6-7-18(15-19)28-3/h4-10,15,17H,11-14,16H2,1-3H3/t17-/m0/s1. The van der Waals surface area contributed by atoms with Crippen molar-refractivity contribution in [3.05, 3.63) is 59.0 Å². The molecule has 0 radical (unpaired) electrons. The van der Waals surface area contributed by atoms with Crippen LogP contribution in [0, 0.1) is 0 Å². The molecule has 30 heavy (non-hydrogen) atoms. The van der Waals surface area contributed by atoms with E-state index in [2.05, 4.69) is 23.1 Å². The first-order valence-corrected chi connectivity index (χ1v) is 11.1. The molecular formula is C24H28N2O3S. The van der Waals surface area contributed by atoms with Crippen molar-refractivity contribution in [2.45, 2.75) is 12.3 Å². The summed E-state index contributed by atoms with van der Waals surface area (Å²) in [4.78, 5) is 17.9. The molecule has 4 rings (SSSR count). The van der Waals surface area contributed by atoms with Crippen molar-refractivity contribution in [1.82, 2.24) is 9.80 Å². The third-order valence-electron chi connectivity index (χ3n) is 5.63. The minimum Gasteiger partial charge on any atom is -0.497 e. The van der Waals surface area contributed by atoms with Gasteiger partial charge in [-0.25, -0.2) is 0 Å². The minimum absolute atomic E-state index is 0.103. The smallest absolute Gasteiger partial charge is 0.263 e. The summed E-state index contributed by atoms with van der Waals surface area (Å²) in [6.45, 7) is 3.47. The highest BCUT2D eigenvalue weighted by molar-refractivity contribution is 7.21. The molecule has 158 valence electrons. The van der Waals surface area contributed by atoms with E-state index in [0.29, 0.717) is 12.5 Å². The van der Waals surface area contributed by atoms with E-state index in [4.69, 9.17) is 9.47 Å². The van der Waals surface area contributed by atoms with E-state index >= 15 is 0 Å². The molecule has 0 N–H and O–H groups in total. The summed E-state index contributed by atoms with van der Waals surface area (Å²) < 4.78 is 12.4. The summed E-state index contributed by atoms with van der Waals surface area (Å²) in [5.41, 5.74) is 1.23. The predicted octanol–water partition coefficient (Wildman–Crippen LogP) is 4.48. The molecule has 1 aliphatic heterocycles. The average Bonchev–Trinajstić information content (AvgIpc) is 3.37. The molecule has 1 saturated heterocycles. The van der Waals surface area contributed by atoms with Gasteiger partial charge in [-0.1, -0.05) is 24.3 Å². The van der Waals surface area contributed by atoms with Gasteiger partial charge in [0.1, 0.15) is 18.1 Å². The van der Waals surface area contributed by atoms with E-state index in [1.807, 2.05) is 44.4 Å². The van der Waals surface area contributed by atoms with E-state index in [-0.39, 0.29) is 5.91 Å². The van der Waals surface area contributed by atoms with E-state index in [9.17, 15) is 4.79 Å². The predicted molar refractivity (Wildman–Crippen MR) is 122 cm³/mol. The number of rotatable bonds is 7. The molecule has 2 heterocycles. The fraction of sp³-hybridized carbons (Fsp3) is 0.375. The molecule has 1 amide bonds. The van der Waals surface area contributed by atoms with E-state index in [1.165, 1.54) is 15.6 Å². The van der Waals surface area contributed by atoms with Gasteiger partial charge in [-0.2, -0.15) is 0 Å². The SMILES string of the molecule is COc1cccc(OCCN2CC[C@H](c3c(C(=O)N(C)C)sc4ccccc34)C2)c1. The molecule has 5 nitrogen and oxygen atoms in total. The Bertz CT molecular complexity index is 1030. The van der Waals surface area contributed by atoms with Gasteiger partial charge in [0.2, 0.25) is 0 Å². The largest absolute Gasteiger partial charge is 0.497 e. The van der Waals surface area contributed by atoms with Crippen LogP contribution in [0.1, 0.15) is 27.6 Å². The number of nitrogens with zero attached hydrogens (tertiary/aromatic N) is 2. The first kappa shape index (κ1) is 20.7. The summed E-state index contributed by atoms with van der Waals surface area (Å²) >= 11 is 1.62. The summed E-state index contributed by atoms with van der Waals surface area (Å²) in [5, 5.41) is 1.23. The lowest BCUT2D eigenvalue weighted by Crippen LogP contribution is -2.26. The monoisotopic (exact) mass is 424 g/mol. The first-order valence-electron chi connectivity index (χ1n) is 10.3. The quantitative estimate of drug-likeness (QED) is 0.561. The Morgan fingerprint density at radius 2 is 1.97 bits per heavy atom. The lowest BCUT2D eigenvalue weighted by atomic mass is 9.95. The highest BCUT2D eigenvalue weighted by Gasteiger charge is 2.30. The topological polar surface area (TPSA) is 42.0 Å². The summed E-state index contributed by atoms with van der Waals surface area (Å²) in [7, 11) is 5.31. The Balaban J connectivity index is 1.44. The van der Waals surface area contributed by atoms with Crippen LogP contribution < -0.4 is 9.47 Å². The fourth-order valence-corrected chi connectivity index (χ4v) is 5.40. The van der Waals surface area contributed by atoms with Crippen molar-refractivity contribution in [1.29, 1.82) is 0 Å². The maximum absolute atomic E-state index is 12.8. The van der Waals surface area contributed by atoms with E-state index in [1.54, 1.807) is 23.3 Å². The van der Waals surface area contributed by atoms with Crippen molar-refractivity contribution in [2.24, 2.45) is 0 Å². The van der Waals surface area contributed by atoms with E-state index < -0.39 is 0 Å². The zero-order chi connectivity index (χ0) is 21.1. The summed E-state index contributed by atoms with van der Waals surface area (Å²) in [6.07, 6.45) is 1.06. The normalized spacial score (nSPS) is 16.7. The molecular weight excluding hydrogens is 396 g/mol. The van der Waals surface area contributed by atoms with Crippen LogP contribution in [0.25, 0.3) is 10.1 Å². The molecule has 6 heteroatoms. The molecule has 0 bridgehead atoms. The molecule has 3 aromatic rings. The van der Waals surface area contributed by atoms with Crippen molar-refractivity contribution in [2.75, 3.05) is 47.4 Å². The van der Waals surface area contributed by atoms with Crippen molar-refractivity contribution < 1.29 is 14.3 Å². The van der Waals surface area contributed by atoms with Crippen molar-refractivity contribution in [3.63, 3.8) is 0 Å². The summed E-state index contributed by atoms with van der Waals surface area (Å²) in [5.74, 6) is 2.10. The molecule has 1 aromatic heterocycles. The van der Waals surface area contributed by atoms with E-state index in [0.717, 1.165) is 42.4 Å². The second-order valence-corrected chi connectivity index (χ2v) is 8.91. The van der Waals surface area contributed by atoms with Crippen LogP contribution in [0.15, 0.2) is 48.5 Å². The van der Waals surface area contributed by atoms with Gasteiger partial charge in [0.25, 0.3) is 5.91 Å². The molecule has 0 aliphatic carbocycles. The molecule has 1 aliphatic rings. The minimum atomic E-state index is 0.103. The highest BCUT2D eigenvalue weighted by atomic mass is 32.1. The van der Waals surface area contributed by atoms with Gasteiger partial charge < -0.3 is 14.4 Å². The number of hydrogen-bond acceptors (Lipinski definition) is 5. The number of hydrogen-bond donors (Lipinski definition) is 0. The van der Waals surface area contributed by atoms with Crippen molar-refractivity contribution in [3.8, 4) is 11.5 Å². The molecule has 1 atom stereocenters. The van der Waals surface area contributed by atoms with Crippen LogP contribution in [-0.4, -0.2) is 63.2 Å². The van der Waals surface area contributed by atoms with Gasteiger partial charge in [0, 0.05) is 43.9 Å². The van der Waals surface area contributed by atoms with Gasteiger partial charge in [0.15, 0.2) is 0 Å². The highest BCUT2D eigenvalue weighted by Crippen LogP contribution is 2.40. The Morgan fingerprint density at radius 3 is 2.77 bits per heavy atom. The number of likely N-dealkylation sites (tertiary alicyclic amines) is 1. The number of amides is 1. The third-order valence-corrected chi connectivity index (χ3v) is 6.81. The fourth-order valence-electron chi connectivity index (χ4n) is 4.09. The molecule has 0 unspecified atom stereocenters. The number of ether oxygens (including phenoxy) is 2. The van der Waals surface area contributed by atoms with Crippen LogP contribution in [0.3, 0.4) is 0 Å². The van der Waals surface area contributed by atoms with Gasteiger partial charge in [0.05, 0.1) is 12.0 Å². The number of thiophene rings is 1. The first-order chi connectivity index (χ1) is 14.6. The molecule has 1 fully saturated rings. The Labute approximate surface area is 181 Å². The molecule has 2 aromatic carbocycles. The van der Waals surface area contributed by atoms with Crippen molar-refractivity contribution >= 4 is 27.3 Å². The van der Waals surface area contributed by atoms with Gasteiger partial charge in [-0.3, -0.25) is 9.69 Å². The van der Waals surface area contributed by atoms with Gasteiger partial charge >= 0.3 is 0 Å². The Morgan fingerprint density at radius 1 is 1.17 bits per heavy atom. The number of benzene rings is 2. The lowest BCUT2D eigenvalue weighted by molar-refractivity contribution is 0.0831. The molecule has 0 spiro atoms. The number of carbonyl (C=O) groups is 1. The zero-order valence-corrected chi connectivity index (χ0v) is 18.6. The van der Waals surface area contributed by atoms with Crippen LogP contribution >= 0.6 is 11.3 Å². The lowest BCUT2D eigenvalue weighted by Gasteiger charge is -2.18. The maximum atomic E-state index is 12.8. The van der Waals surface area contributed by atoms with Crippen LogP contribution in [-0.2, 0) is 0 Å². The molecule has 0 saturated carbocycles. The van der Waals surface area contributed by atoms with Gasteiger partial charge in [-0.15, -0.1) is 11.3 Å². The Hall–Kier alpha value is -2.57. The summed E-state index contributed by atoms with van der Waals surface area (Å²) in [6, 6.07) is 16.1. The number of methoxy groups -OCH3 is 1. The maximum Gasteiger partial charge on any atom is 0.263 e.